The smallest absolute Gasteiger partial charge is 0.272 e. The van der Waals surface area contributed by atoms with Crippen molar-refractivity contribution in [2.45, 2.75) is 6.54 Å². The number of rotatable bonds is 2. The number of hydrogen-bond acceptors (Lipinski definition) is 2. The second kappa shape index (κ2) is 4.83. The first-order valence-electron chi connectivity index (χ1n) is 5.71. The number of nitrogens with zero attached hydrogens (tertiary/aromatic N) is 3. The predicted octanol–water partition coefficient (Wildman–Crippen LogP) is 2.67. The molecule has 3 aromatic rings. The van der Waals surface area contributed by atoms with E-state index in [1.807, 2.05) is 51.7 Å². The summed E-state index contributed by atoms with van der Waals surface area (Å²) in [6, 6.07) is 9.42. The molecular formula is C13H11BrClN4+. The molecule has 0 amide bonds. The third-order valence-electron chi connectivity index (χ3n) is 2.89. The first-order valence-corrected chi connectivity index (χ1v) is 6.88. The van der Waals surface area contributed by atoms with Crippen LogP contribution in [0.2, 0.25) is 5.02 Å². The van der Waals surface area contributed by atoms with E-state index >= 15 is 0 Å². The van der Waals surface area contributed by atoms with Crippen molar-refractivity contribution in [3.05, 3.63) is 58.0 Å². The summed E-state index contributed by atoms with van der Waals surface area (Å²) in [6.45, 7) is 0.604. The van der Waals surface area contributed by atoms with Crippen molar-refractivity contribution < 1.29 is 4.57 Å². The maximum atomic E-state index is 5.99. The van der Waals surface area contributed by atoms with E-state index in [-0.39, 0.29) is 0 Å². The largest absolute Gasteiger partial charge is 0.292 e. The Balaban J connectivity index is 2.07. The predicted molar refractivity (Wildman–Crippen MR) is 78.1 cm³/mol. The second-order valence-electron chi connectivity index (χ2n) is 4.18. The highest BCUT2D eigenvalue weighted by atomic mass is 79.9. The molecule has 3 heterocycles. The highest BCUT2D eigenvalue weighted by Gasteiger charge is 2.13. The molecule has 0 atom stereocenters. The van der Waals surface area contributed by atoms with Gasteiger partial charge >= 0.3 is 0 Å². The van der Waals surface area contributed by atoms with Crippen LogP contribution in [0.1, 0.15) is 5.69 Å². The SMILES string of the molecule is Nc1cccc[n+]1Cc1nc2ccc(Cl)cn2c1Br. The van der Waals surface area contributed by atoms with E-state index in [1.54, 1.807) is 0 Å². The normalized spacial score (nSPS) is 11.1. The number of hydrogen-bond donors (Lipinski definition) is 1. The van der Waals surface area contributed by atoms with E-state index in [4.69, 9.17) is 17.3 Å². The Labute approximate surface area is 123 Å². The second-order valence-corrected chi connectivity index (χ2v) is 5.37. The average molecular weight is 339 g/mol. The van der Waals surface area contributed by atoms with Crippen LogP contribution < -0.4 is 10.3 Å². The van der Waals surface area contributed by atoms with Crippen molar-refractivity contribution in [1.29, 1.82) is 0 Å². The van der Waals surface area contributed by atoms with Crippen molar-refractivity contribution in [3.8, 4) is 0 Å². The van der Waals surface area contributed by atoms with Crippen molar-refractivity contribution in [2.75, 3.05) is 5.73 Å². The van der Waals surface area contributed by atoms with Crippen LogP contribution in [0.3, 0.4) is 0 Å². The van der Waals surface area contributed by atoms with Gasteiger partial charge in [-0.05, 0) is 34.1 Å². The van der Waals surface area contributed by atoms with Crippen LogP contribution in [0, 0.1) is 0 Å². The zero-order valence-electron chi connectivity index (χ0n) is 9.92. The number of fused-ring (bicyclic) bond motifs is 1. The molecular weight excluding hydrogens is 328 g/mol. The molecule has 3 rings (SSSR count). The van der Waals surface area contributed by atoms with E-state index in [0.717, 1.165) is 15.9 Å². The summed E-state index contributed by atoms with van der Waals surface area (Å²) in [5.74, 6) is 0.699. The molecule has 0 aromatic carbocycles. The molecule has 0 radical (unpaired) electrons. The van der Waals surface area contributed by atoms with Crippen LogP contribution >= 0.6 is 27.5 Å². The van der Waals surface area contributed by atoms with Crippen molar-refractivity contribution in [1.82, 2.24) is 9.38 Å². The van der Waals surface area contributed by atoms with Gasteiger partial charge in [0.05, 0.1) is 11.2 Å². The Kier molecular flexibility index (Phi) is 3.16. The van der Waals surface area contributed by atoms with E-state index < -0.39 is 0 Å². The summed E-state index contributed by atoms with van der Waals surface area (Å²) in [5, 5.41) is 0.670. The summed E-state index contributed by atoms with van der Waals surface area (Å²) in [5.41, 5.74) is 7.68. The van der Waals surface area contributed by atoms with E-state index in [1.165, 1.54) is 0 Å². The van der Waals surface area contributed by atoms with E-state index in [2.05, 4.69) is 20.9 Å². The summed E-state index contributed by atoms with van der Waals surface area (Å²) >= 11 is 9.55. The molecule has 96 valence electrons. The lowest BCUT2D eigenvalue weighted by molar-refractivity contribution is -0.674. The number of nitrogens with two attached hydrogens (primary N) is 1. The van der Waals surface area contributed by atoms with Gasteiger partial charge in [-0.15, -0.1) is 0 Å². The molecule has 3 aromatic heterocycles. The van der Waals surface area contributed by atoms with E-state index in [0.29, 0.717) is 17.4 Å². The monoisotopic (exact) mass is 337 g/mol. The maximum Gasteiger partial charge on any atom is 0.272 e. The number of anilines is 1. The fraction of sp³-hybridized carbons (Fsp3) is 0.0769. The van der Waals surface area contributed by atoms with Crippen LogP contribution in [-0.2, 0) is 6.54 Å². The topological polar surface area (TPSA) is 47.2 Å². The number of pyridine rings is 2. The Bertz CT molecular complexity index is 753. The van der Waals surface area contributed by atoms with Gasteiger partial charge in [-0.3, -0.25) is 10.1 Å². The van der Waals surface area contributed by atoms with Gasteiger partial charge in [0.15, 0.2) is 0 Å². The fourth-order valence-corrected chi connectivity index (χ4v) is 2.59. The van der Waals surface area contributed by atoms with Crippen molar-refractivity contribution in [3.63, 3.8) is 0 Å². The van der Waals surface area contributed by atoms with Gasteiger partial charge in [0.2, 0.25) is 0 Å². The average Bonchev–Trinajstić information content (AvgIpc) is 2.70. The van der Waals surface area contributed by atoms with Gasteiger partial charge in [-0.1, -0.05) is 17.7 Å². The molecule has 4 nitrogen and oxygen atoms in total. The summed E-state index contributed by atoms with van der Waals surface area (Å²) in [7, 11) is 0. The molecule has 0 fully saturated rings. The zero-order chi connectivity index (χ0) is 13.4. The molecule has 0 unspecified atom stereocenters. The highest BCUT2D eigenvalue weighted by molar-refractivity contribution is 9.10. The summed E-state index contributed by atoms with van der Waals surface area (Å²) in [4.78, 5) is 4.57. The lowest BCUT2D eigenvalue weighted by atomic mass is 10.4. The number of nitrogen functional groups attached to an aromatic ring is 1. The minimum absolute atomic E-state index is 0.604. The highest BCUT2D eigenvalue weighted by Crippen LogP contribution is 2.21. The molecule has 6 heteroatoms. The summed E-state index contributed by atoms with van der Waals surface area (Å²) < 4.78 is 4.74. The molecule has 2 N–H and O–H groups in total. The molecule has 0 aliphatic carbocycles. The lowest BCUT2D eigenvalue weighted by Crippen LogP contribution is -2.37. The Morgan fingerprint density at radius 2 is 2.16 bits per heavy atom. The Morgan fingerprint density at radius 3 is 2.95 bits per heavy atom. The lowest BCUT2D eigenvalue weighted by Gasteiger charge is -2.00. The Morgan fingerprint density at radius 1 is 1.32 bits per heavy atom. The van der Waals surface area contributed by atoms with Gasteiger partial charge in [0, 0.05) is 12.3 Å². The fourth-order valence-electron chi connectivity index (χ4n) is 1.93. The maximum absolute atomic E-state index is 5.99. The van der Waals surface area contributed by atoms with Crippen LogP contribution in [0.5, 0.6) is 0 Å². The molecule has 0 saturated heterocycles. The third-order valence-corrected chi connectivity index (χ3v) is 3.95. The van der Waals surface area contributed by atoms with Gasteiger partial charge < -0.3 is 0 Å². The number of halogens is 2. The van der Waals surface area contributed by atoms with Crippen LogP contribution in [0.15, 0.2) is 47.3 Å². The summed E-state index contributed by atoms with van der Waals surface area (Å²) in [6.07, 6.45) is 3.76. The molecule has 0 aliphatic heterocycles. The minimum Gasteiger partial charge on any atom is -0.292 e. The van der Waals surface area contributed by atoms with Crippen LogP contribution in [-0.4, -0.2) is 9.38 Å². The minimum atomic E-state index is 0.604. The van der Waals surface area contributed by atoms with Crippen LogP contribution in [0.4, 0.5) is 5.82 Å². The zero-order valence-corrected chi connectivity index (χ0v) is 12.3. The Hall–Kier alpha value is -1.59. The van der Waals surface area contributed by atoms with Gasteiger partial charge in [0.25, 0.3) is 5.82 Å². The number of imidazole rings is 1. The molecule has 0 spiro atoms. The molecule has 19 heavy (non-hydrogen) atoms. The van der Waals surface area contributed by atoms with Crippen molar-refractivity contribution in [2.24, 2.45) is 0 Å². The standard InChI is InChI=1S/C13H10BrClN4/c14-13-10(8-18-6-2-1-3-11(18)16)17-12-5-4-9(15)7-19(12)13/h1-7,16H,8H2/p+1. The third kappa shape index (κ3) is 2.31. The van der Waals surface area contributed by atoms with Crippen molar-refractivity contribution >= 4 is 39.0 Å². The van der Waals surface area contributed by atoms with Gasteiger partial charge in [-0.25, -0.2) is 9.55 Å². The first-order chi connectivity index (χ1) is 9.15. The molecule has 0 bridgehead atoms. The van der Waals surface area contributed by atoms with Gasteiger partial charge in [-0.2, -0.15) is 0 Å². The van der Waals surface area contributed by atoms with Gasteiger partial charge in [0.1, 0.15) is 22.5 Å². The quantitative estimate of drug-likeness (QED) is 0.730. The first kappa shape index (κ1) is 12.4. The van der Waals surface area contributed by atoms with E-state index in [9.17, 15) is 0 Å². The molecule has 0 saturated carbocycles. The van der Waals surface area contributed by atoms with Crippen LogP contribution in [0.25, 0.3) is 5.65 Å². The number of aromatic nitrogens is 3. The molecule has 0 aliphatic rings.